The molecule has 0 amide bonds. The molecule has 19 heavy (non-hydrogen) atoms. The van der Waals surface area contributed by atoms with Crippen molar-refractivity contribution in [1.29, 1.82) is 0 Å². The lowest BCUT2D eigenvalue weighted by atomic mass is 9.93. The maximum Gasteiger partial charge on any atom is 0.417 e. The first kappa shape index (κ1) is 13.7. The van der Waals surface area contributed by atoms with Crippen LogP contribution in [0.15, 0.2) is 48.5 Å². The molecule has 2 aromatic carbocycles. The summed E-state index contributed by atoms with van der Waals surface area (Å²) in [4.78, 5) is 0. The molecule has 0 aromatic heterocycles. The van der Waals surface area contributed by atoms with E-state index in [2.05, 4.69) is 0 Å². The number of alkyl halides is 3. The predicted molar refractivity (Wildman–Crippen MR) is 71.0 cm³/mol. The Kier molecular flexibility index (Phi) is 3.65. The zero-order valence-electron chi connectivity index (χ0n) is 10.8. The molecule has 2 rings (SSSR count). The topological polar surface area (TPSA) is 0 Å². The van der Waals surface area contributed by atoms with Crippen molar-refractivity contribution in [2.24, 2.45) is 0 Å². The van der Waals surface area contributed by atoms with Gasteiger partial charge in [-0.15, -0.1) is 0 Å². The van der Waals surface area contributed by atoms with Gasteiger partial charge in [-0.05, 0) is 28.7 Å². The Labute approximate surface area is 110 Å². The SMILES string of the molecule is CC(C)c1ccc(C(F)(F)F)c(-c2ccccc2)c1. The lowest BCUT2D eigenvalue weighted by Gasteiger charge is -2.16. The minimum Gasteiger partial charge on any atom is -0.166 e. The number of hydrogen-bond acceptors (Lipinski definition) is 0. The smallest absolute Gasteiger partial charge is 0.166 e. The molecular weight excluding hydrogens is 249 g/mol. The Bertz CT molecular complexity index is 554. The standard InChI is InChI=1S/C16H15F3/c1-11(2)13-8-9-15(16(17,18)19)14(10-13)12-6-4-3-5-7-12/h3-11H,1-2H3. The largest absolute Gasteiger partial charge is 0.417 e. The molecule has 0 aliphatic carbocycles. The Morgan fingerprint density at radius 3 is 2.05 bits per heavy atom. The molecule has 0 fully saturated rings. The van der Waals surface area contributed by atoms with E-state index >= 15 is 0 Å². The summed E-state index contributed by atoms with van der Waals surface area (Å²) in [5.74, 6) is 0.199. The van der Waals surface area contributed by atoms with Gasteiger partial charge in [-0.3, -0.25) is 0 Å². The minimum atomic E-state index is -4.33. The summed E-state index contributed by atoms with van der Waals surface area (Å²) in [7, 11) is 0. The lowest BCUT2D eigenvalue weighted by molar-refractivity contribution is -0.137. The van der Waals surface area contributed by atoms with Gasteiger partial charge in [0.2, 0.25) is 0 Å². The number of rotatable bonds is 2. The molecule has 3 heteroatoms. The average Bonchev–Trinajstić information content (AvgIpc) is 2.38. The third-order valence-electron chi connectivity index (χ3n) is 3.10. The van der Waals surface area contributed by atoms with Crippen molar-refractivity contribution >= 4 is 0 Å². The van der Waals surface area contributed by atoms with Gasteiger partial charge in [0, 0.05) is 0 Å². The molecular formula is C16H15F3. The van der Waals surface area contributed by atoms with E-state index in [1.165, 1.54) is 6.07 Å². The Hall–Kier alpha value is -1.77. The first-order valence-corrected chi connectivity index (χ1v) is 6.16. The van der Waals surface area contributed by atoms with E-state index in [1.54, 1.807) is 42.5 Å². The molecule has 0 bridgehead atoms. The van der Waals surface area contributed by atoms with E-state index < -0.39 is 11.7 Å². The summed E-state index contributed by atoms with van der Waals surface area (Å²) in [6.07, 6.45) is -4.33. The molecule has 0 heterocycles. The van der Waals surface area contributed by atoms with Gasteiger partial charge >= 0.3 is 6.18 Å². The van der Waals surface area contributed by atoms with Crippen molar-refractivity contribution in [1.82, 2.24) is 0 Å². The summed E-state index contributed by atoms with van der Waals surface area (Å²) in [6, 6.07) is 13.1. The van der Waals surface area contributed by atoms with Crippen molar-refractivity contribution in [3.8, 4) is 11.1 Å². The van der Waals surface area contributed by atoms with E-state index in [4.69, 9.17) is 0 Å². The second-order valence-corrected chi connectivity index (χ2v) is 4.82. The molecule has 0 aliphatic rings. The molecule has 0 saturated carbocycles. The second-order valence-electron chi connectivity index (χ2n) is 4.82. The highest BCUT2D eigenvalue weighted by Crippen LogP contribution is 2.38. The van der Waals surface area contributed by atoms with Gasteiger partial charge < -0.3 is 0 Å². The Morgan fingerprint density at radius 1 is 0.895 bits per heavy atom. The van der Waals surface area contributed by atoms with Crippen LogP contribution in [0.25, 0.3) is 11.1 Å². The predicted octanol–water partition coefficient (Wildman–Crippen LogP) is 5.50. The normalized spacial score (nSPS) is 11.9. The molecule has 0 nitrogen and oxygen atoms in total. The third kappa shape index (κ3) is 2.98. The van der Waals surface area contributed by atoms with Crippen LogP contribution in [-0.4, -0.2) is 0 Å². The van der Waals surface area contributed by atoms with Crippen LogP contribution in [0.4, 0.5) is 13.2 Å². The van der Waals surface area contributed by atoms with Crippen LogP contribution in [0.3, 0.4) is 0 Å². The fourth-order valence-electron chi connectivity index (χ4n) is 2.02. The molecule has 0 N–H and O–H groups in total. The summed E-state index contributed by atoms with van der Waals surface area (Å²) in [5, 5.41) is 0. The van der Waals surface area contributed by atoms with E-state index in [0.717, 1.165) is 5.56 Å². The minimum absolute atomic E-state index is 0.199. The van der Waals surface area contributed by atoms with E-state index in [-0.39, 0.29) is 11.5 Å². The fraction of sp³-hybridized carbons (Fsp3) is 0.250. The van der Waals surface area contributed by atoms with Gasteiger partial charge in [-0.1, -0.05) is 56.3 Å². The van der Waals surface area contributed by atoms with Crippen LogP contribution in [0.1, 0.15) is 30.9 Å². The van der Waals surface area contributed by atoms with E-state index in [1.807, 2.05) is 13.8 Å². The maximum absolute atomic E-state index is 13.1. The quantitative estimate of drug-likeness (QED) is 0.672. The summed E-state index contributed by atoms with van der Waals surface area (Å²) >= 11 is 0. The highest BCUT2D eigenvalue weighted by atomic mass is 19.4. The summed E-state index contributed by atoms with van der Waals surface area (Å²) in [5.41, 5.74) is 1.17. The second kappa shape index (κ2) is 5.08. The van der Waals surface area contributed by atoms with Crippen molar-refractivity contribution in [3.63, 3.8) is 0 Å². The highest BCUT2D eigenvalue weighted by Gasteiger charge is 2.33. The number of halogens is 3. The van der Waals surface area contributed by atoms with Crippen molar-refractivity contribution < 1.29 is 13.2 Å². The summed E-state index contributed by atoms with van der Waals surface area (Å²) in [6.45, 7) is 3.94. The highest BCUT2D eigenvalue weighted by molar-refractivity contribution is 5.69. The van der Waals surface area contributed by atoms with Crippen LogP contribution < -0.4 is 0 Å². The molecule has 100 valence electrons. The molecule has 0 spiro atoms. The van der Waals surface area contributed by atoms with Crippen LogP contribution in [-0.2, 0) is 6.18 Å². The lowest BCUT2D eigenvalue weighted by Crippen LogP contribution is -2.08. The zero-order chi connectivity index (χ0) is 14.0. The first-order valence-electron chi connectivity index (χ1n) is 6.16. The van der Waals surface area contributed by atoms with Crippen molar-refractivity contribution in [2.45, 2.75) is 25.9 Å². The number of benzene rings is 2. The first-order chi connectivity index (χ1) is 8.89. The van der Waals surface area contributed by atoms with E-state index in [9.17, 15) is 13.2 Å². The van der Waals surface area contributed by atoms with Gasteiger partial charge in [0.25, 0.3) is 0 Å². The number of hydrogen-bond donors (Lipinski definition) is 0. The summed E-state index contributed by atoms with van der Waals surface area (Å²) < 4.78 is 39.2. The maximum atomic E-state index is 13.1. The van der Waals surface area contributed by atoms with Gasteiger partial charge in [0.1, 0.15) is 0 Å². The zero-order valence-corrected chi connectivity index (χ0v) is 10.8. The molecule has 0 unspecified atom stereocenters. The Balaban J connectivity index is 2.64. The van der Waals surface area contributed by atoms with Crippen LogP contribution in [0, 0.1) is 0 Å². The molecule has 0 saturated heterocycles. The van der Waals surface area contributed by atoms with Crippen LogP contribution in [0.5, 0.6) is 0 Å². The van der Waals surface area contributed by atoms with Gasteiger partial charge in [-0.2, -0.15) is 13.2 Å². The van der Waals surface area contributed by atoms with Crippen LogP contribution in [0.2, 0.25) is 0 Å². The molecule has 0 radical (unpaired) electrons. The van der Waals surface area contributed by atoms with Gasteiger partial charge in [-0.25, -0.2) is 0 Å². The molecule has 0 atom stereocenters. The molecule has 0 aliphatic heterocycles. The van der Waals surface area contributed by atoms with Crippen LogP contribution >= 0.6 is 0 Å². The third-order valence-corrected chi connectivity index (χ3v) is 3.10. The van der Waals surface area contributed by atoms with Gasteiger partial charge in [0.05, 0.1) is 5.56 Å². The monoisotopic (exact) mass is 264 g/mol. The average molecular weight is 264 g/mol. The van der Waals surface area contributed by atoms with Crippen molar-refractivity contribution in [3.05, 3.63) is 59.7 Å². The van der Waals surface area contributed by atoms with Crippen molar-refractivity contribution in [2.75, 3.05) is 0 Å². The van der Waals surface area contributed by atoms with Gasteiger partial charge in [0.15, 0.2) is 0 Å². The molecule has 2 aromatic rings. The Morgan fingerprint density at radius 2 is 1.53 bits per heavy atom. The van der Waals surface area contributed by atoms with E-state index in [0.29, 0.717) is 5.56 Å². The fourth-order valence-corrected chi connectivity index (χ4v) is 2.02.